The Morgan fingerprint density at radius 1 is 1.18 bits per heavy atom. The first-order chi connectivity index (χ1) is 8.24. The molecule has 4 unspecified atom stereocenters. The Morgan fingerprint density at radius 2 is 1.88 bits per heavy atom. The van der Waals surface area contributed by atoms with Crippen LogP contribution in [0.15, 0.2) is 12.3 Å². The van der Waals surface area contributed by atoms with Gasteiger partial charge >= 0.3 is 0 Å². The Kier molecular flexibility index (Phi) is 1.83. The zero-order valence-corrected chi connectivity index (χ0v) is 9.37. The van der Waals surface area contributed by atoms with Crippen LogP contribution >= 0.6 is 0 Å². The molecule has 2 bridgehead atoms. The van der Waals surface area contributed by atoms with E-state index in [1.54, 1.807) is 0 Å². The van der Waals surface area contributed by atoms with Gasteiger partial charge in [0.25, 0.3) is 0 Å². The van der Waals surface area contributed by atoms with E-state index in [2.05, 4.69) is 10.3 Å². The topological polar surface area (TPSA) is 24.9 Å². The minimum absolute atomic E-state index is 0.213. The van der Waals surface area contributed by atoms with Gasteiger partial charge in [-0.1, -0.05) is 0 Å². The Balaban J connectivity index is 1.52. The van der Waals surface area contributed by atoms with Crippen LogP contribution in [0.5, 0.6) is 0 Å². The molecule has 3 aliphatic carbocycles. The Morgan fingerprint density at radius 3 is 2.53 bits per heavy atom. The summed E-state index contributed by atoms with van der Waals surface area (Å²) in [4.78, 5) is 3.79. The minimum atomic E-state index is -0.621. The predicted octanol–water partition coefficient (Wildman–Crippen LogP) is 2.82. The first-order valence-corrected chi connectivity index (χ1v) is 6.31. The van der Waals surface area contributed by atoms with E-state index in [9.17, 15) is 8.78 Å². The van der Waals surface area contributed by atoms with Gasteiger partial charge in [-0.3, -0.25) is 0 Å². The SMILES string of the molecule is Fc1cnc(NC2C3C4CCC(C4)C23)c(F)c1. The molecule has 90 valence electrons. The van der Waals surface area contributed by atoms with Crippen LogP contribution in [-0.4, -0.2) is 11.0 Å². The third-order valence-electron chi connectivity index (χ3n) is 4.85. The lowest BCUT2D eigenvalue weighted by atomic mass is 10.0. The van der Waals surface area contributed by atoms with Crippen molar-refractivity contribution >= 4 is 5.82 Å². The van der Waals surface area contributed by atoms with Crippen LogP contribution in [-0.2, 0) is 0 Å². The first-order valence-electron chi connectivity index (χ1n) is 6.31. The largest absolute Gasteiger partial charge is 0.364 e. The van der Waals surface area contributed by atoms with Crippen molar-refractivity contribution in [3.8, 4) is 0 Å². The molecule has 1 heterocycles. The van der Waals surface area contributed by atoms with Crippen LogP contribution in [0.1, 0.15) is 19.3 Å². The quantitative estimate of drug-likeness (QED) is 0.854. The lowest BCUT2D eigenvalue weighted by Crippen LogP contribution is -2.14. The number of rotatable bonds is 2. The molecule has 0 amide bonds. The number of fused-ring (bicyclic) bond motifs is 5. The summed E-state index contributed by atoms with van der Waals surface area (Å²) in [5.74, 6) is 2.13. The number of aromatic nitrogens is 1. The van der Waals surface area contributed by atoms with E-state index in [0.717, 1.165) is 35.9 Å². The maximum absolute atomic E-state index is 13.5. The Hall–Kier alpha value is -1.19. The molecule has 1 N–H and O–H groups in total. The molecule has 2 nitrogen and oxygen atoms in total. The molecule has 0 spiro atoms. The van der Waals surface area contributed by atoms with Crippen LogP contribution in [0.3, 0.4) is 0 Å². The second kappa shape index (κ2) is 3.18. The van der Waals surface area contributed by atoms with Gasteiger partial charge in [0, 0.05) is 12.1 Å². The van der Waals surface area contributed by atoms with Crippen molar-refractivity contribution < 1.29 is 8.78 Å². The van der Waals surface area contributed by atoms with Gasteiger partial charge < -0.3 is 5.32 Å². The summed E-state index contributed by atoms with van der Waals surface area (Å²) >= 11 is 0. The predicted molar refractivity (Wildman–Crippen MR) is 59.4 cm³/mol. The zero-order valence-electron chi connectivity index (χ0n) is 9.37. The maximum atomic E-state index is 13.5. The van der Waals surface area contributed by atoms with Crippen molar-refractivity contribution in [3.63, 3.8) is 0 Å². The molecular formula is C13H14F2N2. The molecule has 1 aromatic rings. The summed E-state index contributed by atoms with van der Waals surface area (Å²) in [5.41, 5.74) is 0. The minimum Gasteiger partial charge on any atom is -0.364 e. The number of anilines is 1. The van der Waals surface area contributed by atoms with Crippen LogP contribution in [0.25, 0.3) is 0 Å². The normalized spacial score (nSPS) is 41.4. The molecule has 17 heavy (non-hydrogen) atoms. The summed E-state index contributed by atoms with van der Waals surface area (Å²) in [7, 11) is 0. The standard InChI is InChI=1S/C13H14F2N2/c14-8-4-9(15)13(16-5-8)17-12-10-6-1-2-7(3-6)11(10)12/h4-7,10-12H,1-3H2,(H,16,17). The van der Waals surface area contributed by atoms with Crippen molar-refractivity contribution in [2.24, 2.45) is 23.7 Å². The highest BCUT2D eigenvalue weighted by molar-refractivity contribution is 5.41. The molecule has 4 atom stereocenters. The molecule has 0 aliphatic heterocycles. The summed E-state index contributed by atoms with van der Waals surface area (Å²) in [6, 6.07) is 1.27. The van der Waals surface area contributed by atoms with E-state index in [1.165, 1.54) is 19.3 Å². The molecule has 3 fully saturated rings. The van der Waals surface area contributed by atoms with E-state index in [1.807, 2.05) is 0 Å². The average Bonchev–Trinajstić information content (AvgIpc) is 2.70. The molecule has 4 rings (SSSR count). The molecular weight excluding hydrogens is 222 g/mol. The zero-order chi connectivity index (χ0) is 11.6. The summed E-state index contributed by atoms with van der Waals surface area (Å²) in [6.45, 7) is 0. The number of nitrogens with zero attached hydrogens (tertiary/aromatic N) is 1. The lowest BCUT2D eigenvalue weighted by Gasteiger charge is -2.11. The molecule has 4 heteroatoms. The fourth-order valence-corrected chi connectivity index (χ4v) is 4.20. The van der Waals surface area contributed by atoms with Gasteiger partial charge in [0.1, 0.15) is 5.82 Å². The highest BCUT2D eigenvalue weighted by Gasteiger charge is 2.65. The summed E-state index contributed by atoms with van der Waals surface area (Å²) in [5, 5.41) is 3.16. The Labute approximate surface area is 98.4 Å². The monoisotopic (exact) mass is 236 g/mol. The highest BCUT2D eigenvalue weighted by atomic mass is 19.1. The van der Waals surface area contributed by atoms with E-state index >= 15 is 0 Å². The van der Waals surface area contributed by atoms with Gasteiger partial charge in [-0.25, -0.2) is 13.8 Å². The molecule has 0 aromatic carbocycles. The number of hydrogen-bond donors (Lipinski definition) is 1. The third-order valence-corrected chi connectivity index (χ3v) is 4.85. The van der Waals surface area contributed by atoms with Gasteiger partial charge in [-0.05, 0) is 42.9 Å². The molecule has 0 radical (unpaired) electrons. The van der Waals surface area contributed by atoms with Crippen LogP contribution in [0.4, 0.5) is 14.6 Å². The van der Waals surface area contributed by atoms with Crippen molar-refractivity contribution in [2.75, 3.05) is 5.32 Å². The van der Waals surface area contributed by atoms with Crippen molar-refractivity contribution in [2.45, 2.75) is 25.3 Å². The number of pyridine rings is 1. The summed E-state index contributed by atoms with van der Waals surface area (Å²) < 4.78 is 26.2. The van der Waals surface area contributed by atoms with Gasteiger partial charge in [0.05, 0.1) is 6.20 Å². The Bertz CT molecular complexity index is 460. The van der Waals surface area contributed by atoms with Crippen LogP contribution in [0, 0.1) is 35.3 Å². The van der Waals surface area contributed by atoms with Crippen molar-refractivity contribution in [1.82, 2.24) is 4.98 Å². The van der Waals surface area contributed by atoms with Crippen molar-refractivity contribution in [3.05, 3.63) is 23.9 Å². The van der Waals surface area contributed by atoms with Crippen LogP contribution in [0.2, 0.25) is 0 Å². The van der Waals surface area contributed by atoms with E-state index in [4.69, 9.17) is 0 Å². The summed E-state index contributed by atoms with van der Waals surface area (Å²) in [6.07, 6.45) is 5.11. The van der Waals surface area contributed by atoms with Gasteiger partial charge in [0.15, 0.2) is 11.6 Å². The molecule has 3 saturated carbocycles. The number of hydrogen-bond acceptors (Lipinski definition) is 2. The maximum Gasteiger partial charge on any atom is 0.168 e. The fourth-order valence-electron chi connectivity index (χ4n) is 4.20. The van der Waals surface area contributed by atoms with E-state index in [-0.39, 0.29) is 5.82 Å². The second-order valence-corrected chi connectivity index (χ2v) is 5.64. The number of halogens is 2. The number of nitrogens with one attached hydrogen (secondary N) is 1. The third kappa shape index (κ3) is 1.33. The van der Waals surface area contributed by atoms with Crippen molar-refractivity contribution in [1.29, 1.82) is 0 Å². The van der Waals surface area contributed by atoms with Gasteiger partial charge in [-0.15, -0.1) is 0 Å². The smallest absolute Gasteiger partial charge is 0.168 e. The molecule has 0 saturated heterocycles. The fraction of sp³-hybridized carbons (Fsp3) is 0.615. The lowest BCUT2D eigenvalue weighted by molar-refractivity contribution is 0.456. The molecule has 1 aromatic heterocycles. The van der Waals surface area contributed by atoms with Crippen LogP contribution < -0.4 is 5.32 Å². The van der Waals surface area contributed by atoms with Gasteiger partial charge in [0.2, 0.25) is 0 Å². The first kappa shape index (κ1) is 9.80. The average molecular weight is 236 g/mol. The second-order valence-electron chi connectivity index (χ2n) is 5.64. The van der Waals surface area contributed by atoms with E-state index in [0.29, 0.717) is 6.04 Å². The molecule has 3 aliphatic rings. The van der Waals surface area contributed by atoms with E-state index < -0.39 is 11.6 Å². The highest BCUT2D eigenvalue weighted by Crippen LogP contribution is 2.66. The van der Waals surface area contributed by atoms with Gasteiger partial charge in [-0.2, -0.15) is 0 Å².